The maximum atomic E-state index is 12.1. The summed E-state index contributed by atoms with van der Waals surface area (Å²) in [6, 6.07) is 6.75. The van der Waals surface area contributed by atoms with Gasteiger partial charge in [-0.05, 0) is 31.5 Å². The SMILES string of the molecule is CCC(C)NC(=O)c1cccc(NC(=O)CCC(=O)OCCOC)c1. The van der Waals surface area contributed by atoms with Crippen molar-refractivity contribution in [2.24, 2.45) is 0 Å². The summed E-state index contributed by atoms with van der Waals surface area (Å²) in [7, 11) is 1.51. The fourth-order valence-electron chi connectivity index (χ4n) is 1.90. The molecule has 0 aliphatic heterocycles. The second kappa shape index (κ2) is 11.2. The molecule has 0 radical (unpaired) electrons. The van der Waals surface area contributed by atoms with Crippen molar-refractivity contribution in [2.75, 3.05) is 25.6 Å². The van der Waals surface area contributed by atoms with E-state index in [2.05, 4.69) is 10.6 Å². The molecule has 1 atom stereocenters. The van der Waals surface area contributed by atoms with Gasteiger partial charge in [0.05, 0.1) is 13.0 Å². The van der Waals surface area contributed by atoms with Crippen molar-refractivity contribution < 1.29 is 23.9 Å². The molecule has 0 aromatic heterocycles. The molecule has 0 heterocycles. The Balaban J connectivity index is 2.48. The normalized spacial score (nSPS) is 11.5. The van der Waals surface area contributed by atoms with Gasteiger partial charge in [0.15, 0.2) is 0 Å². The summed E-state index contributed by atoms with van der Waals surface area (Å²) >= 11 is 0. The van der Waals surface area contributed by atoms with Crippen molar-refractivity contribution in [3.63, 3.8) is 0 Å². The van der Waals surface area contributed by atoms with E-state index in [4.69, 9.17) is 9.47 Å². The molecule has 2 amide bonds. The Morgan fingerprint density at radius 1 is 1.16 bits per heavy atom. The molecular formula is C18H26N2O5. The number of carbonyl (C=O) groups excluding carboxylic acids is 3. The molecule has 2 N–H and O–H groups in total. The summed E-state index contributed by atoms with van der Waals surface area (Å²) in [5, 5.41) is 5.54. The third-order valence-electron chi connectivity index (χ3n) is 3.51. The Hall–Kier alpha value is -2.41. The van der Waals surface area contributed by atoms with E-state index in [-0.39, 0.29) is 37.3 Å². The van der Waals surface area contributed by atoms with Gasteiger partial charge in [0.25, 0.3) is 5.91 Å². The molecule has 0 aliphatic carbocycles. The number of benzene rings is 1. The number of esters is 1. The first-order valence-corrected chi connectivity index (χ1v) is 8.31. The van der Waals surface area contributed by atoms with Gasteiger partial charge >= 0.3 is 5.97 Å². The molecule has 1 unspecified atom stereocenters. The summed E-state index contributed by atoms with van der Waals surface area (Å²) in [5.74, 6) is -0.954. The van der Waals surface area contributed by atoms with Gasteiger partial charge in [-0.2, -0.15) is 0 Å². The number of hydrogen-bond acceptors (Lipinski definition) is 5. The molecule has 0 saturated carbocycles. The Bertz CT molecular complexity index is 589. The quantitative estimate of drug-likeness (QED) is 0.498. The molecule has 7 nitrogen and oxygen atoms in total. The standard InChI is InChI=1S/C18H26N2O5/c1-4-13(2)19-18(23)14-6-5-7-15(12-14)20-16(21)8-9-17(22)25-11-10-24-3/h5-7,12-13H,4,8-11H2,1-3H3,(H,19,23)(H,20,21). The van der Waals surface area contributed by atoms with Crippen LogP contribution < -0.4 is 10.6 Å². The molecule has 0 fully saturated rings. The van der Waals surface area contributed by atoms with Crippen LogP contribution in [-0.4, -0.2) is 44.1 Å². The summed E-state index contributed by atoms with van der Waals surface area (Å²) in [5.41, 5.74) is 0.978. The summed E-state index contributed by atoms with van der Waals surface area (Å²) in [4.78, 5) is 35.4. The molecule has 7 heteroatoms. The van der Waals surface area contributed by atoms with Gasteiger partial charge in [-0.1, -0.05) is 13.0 Å². The molecule has 0 spiro atoms. The first-order chi connectivity index (χ1) is 12.0. The van der Waals surface area contributed by atoms with Gasteiger partial charge in [0.2, 0.25) is 5.91 Å². The zero-order valence-corrected chi connectivity index (χ0v) is 15.0. The van der Waals surface area contributed by atoms with Gasteiger partial charge in [-0.3, -0.25) is 14.4 Å². The Morgan fingerprint density at radius 2 is 1.92 bits per heavy atom. The van der Waals surface area contributed by atoms with Crippen LogP contribution in [0, 0.1) is 0 Å². The van der Waals surface area contributed by atoms with Crippen LogP contribution in [0.15, 0.2) is 24.3 Å². The zero-order valence-electron chi connectivity index (χ0n) is 15.0. The van der Waals surface area contributed by atoms with E-state index in [1.54, 1.807) is 24.3 Å². The highest BCUT2D eigenvalue weighted by Crippen LogP contribution is 2.12. The van der Waals surface area contributed by atoms with Crippen molar-refractivity contribution in [3.8, 4) is 0 Å². The molecule has 1 aromatic carbocycles. The second-order valence-corrected chi connectivity index (χ2v) is 5.63. The van der Waals surface area contributed by atoms with Crippen LogP contribution >= 0.6 is 0 Å². The van der Waals surface area contributed by atoms with Crippen LogP contribution in [-0.2, 0) is 19.1 Å². The molecule has 0 bridgehead atoms. The number of rotatable bonds is 10. The molecule has 0 aliphatic rings. The number of methoxy groups -OCH3 is 1. The third kappa shape index (κ3) is 8.30. The van der Waals surface area contributed by atoms with E-state index in [1.807, 2.05) is 13.8 Å². The van der Waals surface area contributed by atoms with Gasteiger partial charge in [-0.15, -0.1) is 0 Å². The second-order valence-electron chi connectivity index (χ2n) is 5.63. The van der Waals surface area contributed by atoms with Crippen LogP contribution in [0.3, 0.4) is 0 Å². The fraction of sp³-hybridized carbons (Fsp3) is 0.500. The summed E-state index contributed by atoms with van der Waals surface area (Å²) in [6.45, 7) is 4.41. The van der Waals surface area contributed by atoms with Crippen molar-refractivity contribution in [3.05, 3.63) is 29.8 Å². The maximum Gasteiger partial charge on any atom is 0.306 e. The number of ether oxygens (including phenoxy) is 2. The lowest BCUT2D eigenvalue weighted by atomic mass is 10.1. The monoisotopic (exact) mass is 350 g/mol. The predicted octanol–water partition coefficient (Wildman–Crippen LogP) is 2.12. The number of carbonyl (C=O) groups is 3. The topological polar surface area (TPSA) is 93.7 Å². The first-order valence-electron chi connectivity index (χ1n) is 8.31. The summed E-state index contributed by atoms with van der Waals surface area (Å²) in [6.07, 6.45) is 0.835. The molecule has 25 heavy (non-hydrogen) atoms. The van der Waals surface area contributed by atoms with Gasteiger partial charge in [-0.25, -0.2) is 0 Å². The Kier molecular flexibility index (Phi) is 9.24. The predicted molar refractivity (Wildman–Crippen MR) is 94.4 cm³/mol. The molecular weight excluding hydrogens is 324 g/mol. The van der Waals surface area contributed by atoms with E-state index in [0.717, 1.165) is 6.42 Å². The van der Waals surface area contributed by atoms with Gasteiger partial charge < -0.3 is 20.1 Å². The number of amides is 2. The molecule has 1 aromatic rings. The van der Waals surface area contributed by atoms with Crippen LogP contribution in [0.5, 0.6) is 0 Å². The number of nitrogens with one attached hydrogen (secondary N) is 2. The van der Waals surface area contributed by atoms with Gasteiger partial charge in [0, 0.05) is 30.8 Å². The van der Waals surface area contributed by atoms with E-state index in [9.17, 15) is 14.4 Å². The van der Waals surface area contributed by atoms with Crippen molar-refractivity contribution in [2.45, 2.75) is 39.2 Å². The molecule has 0 saturated heterocycles. The highest BCUT2D eigenvalue weighted by atomic mass is 16.6. The minimum Gasteiger partial charge on any atom is -0.463 e. The average molecular weight is 350 g/mol. The van der Waals surface area contributed by atoms with E-state index in [1.165, 1.54) is 7.11 Å². The maximum absolute atomic E-state index is 12.1. The highest BCUT2D eigenvalue weighted by Gasteiger charge is 2.11. The number of hydrogen-bond donors (Lipinski definition) is 2. The Morgan fingerprint density at radius 3 is 2.60 bits per heavy atom. The zero-order chi connectivity index (χ0) is 18.7. The van der Waals surface area contributed by atoms with Crippen LogP contribution in [0.1, 0.15) is 43.5 Å². The first kappa shape index (κ1) is 20.6. The Labute approximate surface area is 148 Å². The molecule has 1 rings (SSSR count). The van der Waals surface area contributed by atoms with Gasteiger partial charge in [0.1, 0.15) is 6.61 Å². The van der Waals surface area contributed by atoms with E-state index < -0.39 is 5.97 Å². The largest absolute Gasteiger partial charge is 0.463 e. The van der Waals surface area contributed by atoms with Crippen LogP contribution in [0.4, 0.5) is 5.69 Å². The lowest BCUT2D eigenvalue weighted by Crippen LogP contribution is -2.31. The van der Waals surface area contributed by atoms with E-state index >= 15 is 0 Å². The molecule has 138 valence electrons. The highest BCUT2D eigenvalue weighted by molar-refractivity contribution is 5.97. The minimum absolute atomic E-state index is 0.00904. The number of anilines is 1. The lowest BCUT2D eigenvalue weighted by molar-refractivity contribution is -0.145. The minimum atomic E-state index is -0.450. The van der Waals surface area contributed by atoms with Crippen molar-refractivity contribution >= 4 is 23.5 Å². The lowest BCUT2D eigenvalue weighted by Gasteiger charge is -2.12. The smallest absolute Gasteiger partial charge is 0.306 e. The van der Waals surface area contributed by atoms with Crippen molar-refractivity contribution in [1.29, 1.82) is 0 Å². The average Bonchev–Trinajstić information content (AvgIpc) is 2.60. The van der Waals surface area contributed by atoms with Crippen LogP contribution in [0.25, 0.3) is 0 Å². The van der Waals surface area contributed by atoms with Crippen molar-refractivity contribution in [1.82, 2.24) is 5.32 Å². The third-order valence-corrected chi connectivity index (χ3v) is 3.51. The van der Waals surface area contributed by atoms with Crippen LogP contribution in [0.2, 0.25) is 0 Å². The van der Waals surface area contributed by atoms with E-state index in [0.29, 0.717) is 17.9 Å². The summed E-state index contributed by atoms with van der Waals surface area (Å²) < 4.78 is 9.65. The fourth-order valence-corrected chi connectivity index (χ4v) is 1.90.